The lowest BCUT2D eigenvalue weighted by atomic mass is 10.1. The predicted molar refractivity (Wildman–Crippen MR) is 69.9 cm³/mol. The first-order valence-electron chi connectivity index (χ1n) is 4.84. The normalized spacial score (nSPS) is 9.88. The number of halogens is 1. The summed E-state index contributed by atoms with van der Waals surface area (Å²) in [6.45, 7) is 2.25. The Morgan fingerprint density at radius 3 is 2.88 bits per heavy atom. The van der Waals surface area contributed by atoms with Gasteiger partial charge in [-0.1, -0.05) is 29.9 Å². The molecule has 1 amide bonds. The molecule has 5 heteroatoms. The van der Waals surface area contributed by atoms with Crippen molar-refractivity contribution in [2.24, 2.45) is 5.73 Å². The van der Waals surface area contributed by atoms with Crippen LogP contribution in [0, 0.1) is 6.92 Å². The number of thiocarbonyl (C=S) groups is 1. The number of benzene rings is 1. The van der Waals surface area contributed by atoms with E-state index in [0.717, 1.165) is 5.56 Å². The number of nitrogens with two attached hydrogens (primary N) is 1. The first-order chi connectivity index (χ1) is 7.52. The molecule has 1 aromatic carbocycles. The molecule has 0 bridgehead atoms. The molecule has 3 N–H and O–H groups in total. The highest BCUT2D eigenvalue weighted by Gasteiger charge is 2.09. The maximum absolute atomic E-state index is 11.7. The Morgan fingerprint density at radius 2 is 2.25 bits per heavy atom. The zero-order valence-corrected chi connectivity index (χ0v) is 10.5. The maximum atomic E-state index is 11.7. The smallest absolute Gasteiger partial charge is 0.251 e. The molecule has 0 aliphatic carbocycles. The number of carbonyl (C=O) groups excluding carboxylic acids is 1. The second kappa shape index (κ2) is 5.82. The van der Waals surface area contributed by atoms with Crippen LogP contribution in [0.3, 0.4) is 0 Å². The number of nitrogens with one attached hydrogen (secondary N) is 1. The molecular weight excluding hydrogens is 244 g/mol. The Balaban J connectivity index is 2.66. The number of rotatable bonds is 4. The Kier molecular flexibility index (Phi) is 4.71. The number of amides is 1. The largest absolute Gasteiger partial charge is 0.393 e. The molecule has 1 aromatic rings. The molecule has 1 rings (SSSR count). The highest BCUT2D eigenvalue weighted by molar-refractivity contribution is 7.80. The number of carbonyl (C=O) groups is 1. The van der Waals surface area contributed by atoms with Gasteiger partial charge in [0.05, 0.1) is 4.99 Å². The summed E-state index contributed by atoms with van der Waals surface area (Å²) in [5, 5.41) is 3.32. The molecule has 0 saturated heterocycles. The van der Waals surface area contributed by atoms with Gasteiger partial charge < -0.3 is 11.1 Å². The van der Waals surface area contributed by atoms with E-state index in [1.165, 1.54) is 0 Å². The third kappa shape index (κ3) is 3.47. The average Bonchev–Trinajstić information content (AvgIpc) is 2.21. The summed E-state index contributed by atoms with van der Waals surface area (Å²) in [7, 11) is 0. The minimum absolute atomic E-state index is 0.156. The third-order valence-electron chi connectivity index (χ3n) is 2.17. The van der Waals surface area contributed by atoms with Crippen LogP contribution < -0.4 is 11.1 Å². The molecule has 0 aliphatic rings. The molecule has 0 radical (unpaired) electrons. The molecule has 0 unspecified atom stereocenters. The second-order valence-corrected chi connectivity index (χ2v) is 4.32. The molecule has 3 nitrogen and oxygen atoms in total. The fourth-order valence-electron chi connectivity index (χ4n) is 1.25. The van der Waals surface area contributed by atoms with Gasteiger partial charge in [-0.15, -0.1) is 0 Å². The van der Waals surface area contributed by atoms with Crippen molar-refractivity contribution in [3.8, 4) is 0 Å². The van der Waals surface area contributed by atoms with Gasteiger partial charge in [-0.3, -0.25) is 4.79 Å². The van der Waals surface area contributed by atoms with Crippen LogP contribution in [0.15, 0.2) is 18.2 Å². The molecule has 0 aliphatic heterocycles. The lowest BCUT2D eigenvalue weighted by Gasteiger charge is -2.08. The second-order valence-electron chi connectivity index (χ2n) is 3.38. The zero-order chi connectivity index (χ0) is 12.1. The highest BCUT2D eigenvalue weighted by Crippen LogP contribution is 2.18. The van der Waals surface area contributed by atoms with Crippen LogP contribution in [-0.2, 0) is 0 Å². The summed E-state index contributed by atoms with van der Waals surface area (Å²) < 4.78 is 0. The highest BCUT2D eigenvalue weighted by atomic mass is 35.5. The monoisotopic (exact) mass is 256 g/mol. The van der Waals surface area contributed by atoms with E-state index < -0.39 is 0 Å². The van der Waals surface area contributed by atoms with Gasteiger partial charge in [0.15, 0.2) is 0 Å². The first kappa shape index (κ1) is 12.9. The van der Waals surface area contributed by atoms with E-state index in [4.69, 9.17) is 29.6 Å². The molecule has 0 aromatic heterocycles. The Bertz CT molecular complexity index is 420. The van der Waals surface area contributed by atoms with Crippen molar-refractivity contribution in [2.75, 3.05) is 6.54 Å². The van der Waals surface area contributed by atoms with E-state index in [-0.39, 0.29) is 5.91 Å². The third-order valence-corrected chi connectivity index (χ3v) is 2.78. The van der Waals surface area contributed by atoms with Gasteiger partial charge in [0.2, 0.25) is 0 Å². The summed E-state index contributed by atoms with van der Waals surface area (Å²) in [4.78, 5) is 12.1. The van der Waals surface area contributed by atoms with E-state index in [0.29, 0.717) is 28.5 Å². The van der Waals surface area contributed by atoms with Crippen LogP contribution in [0.5, 0.6) is 0 Å². The minimum Gasteiger partial charge on any atom is -0.393 e. The summed E-state index contributed by atoms with van der Waals surface area (Å²) >= 11 is 10.6. The van der Waals surface area contributed by atoms with E-state index in [9.17, 15) is 4.79 Å². The zero-order valence-electron chi connectivity index (χ0n) is 8.92. The van der Waals surface area contributed by atoms with Gasteiger partial charge in [0.25, 0.3) is 5.91 Å². The van der Waals surface area contributed by atoms with Gasteiger partial charge in [-0.2, -0.15) is 0 Å². The van der Waals surface area contributed by atoms with Crippen LogP contribution in [0.1, 0.15) is 22.3 Å². The summed E-state index contributed by atoms with van der Waals surface area (Å²) in [5.41, 5.74) is 6.68. The molecule has 16 heavy (non-hydrogen) atoms. The van der Waals surface area contributed by atoms with Gasteiger partial charge in [0.1, 0.15) is 0 Å². The lowest BCUT2D eigenvalue weighted by Crippen LogP contribution is -2.27. The summed E-state index contributed by atoms with van der Waals surface area (Å²) in [5.74, 6) is -0.156. The number of hydrogen-bond donors (Lipinski definition) is 2. The molecule has 0 heterocycles. The predicted octanol–water partition coefficient (Wildman–Crippen LogP) is 2.05. The van der Waals surface area contributed by atoms with Crippen molar-refractivity contribution in [3.63, 3.8) is 0 Å². The Morgan fingerprint density at radius 1 is 1.56 bits per heavy atom. The average molecular weight is 257 g/mol. The molecule has 0 saturated carbocycles. The summed E-state index contributed by atoms with van der Waals surface area (Å²) in [6.07, 6.45) is 0.501. The SMILES string of the molecule is Cc1c(Cl)cccc1C(=O)NCCC(N)=S. The van der Waals surface area contributed by atoms with Crippen molar-refractivity contribution in [2.45, 2.75) is 13.3 Å². The molecule has 0 spiro atoms. The van der Waals surface area contributed by atoms with E-state index in [1.807, 2.05) is 6.92 Å². The minimum atomic E-state index is -0.156. The van der Waals surface area contributed by atoms with Gasteiger partial charge in [-0.05, 0) is 24.6 Å². The van der Waals surface area contributed by atoms with Crippen LogP contribution in [0.4, 0.5) is 0 Å². The van der Waals surface area contributed by atoms with Gasteiger partial charge >= 0.3 is 0 Å². The van der Waals surface area contributed by atoms with Crippen molar-refractivity contribution in [1.82, 2.24) is 5.32 Å². The standard InChI is InChI=1S/C11H13ClN2OS/c1-7-8(3-2-4-9(7)12)11(15)14-6-5-10(13)16/h2-4H,5-6H2,1H3,(H2,13,16)(H,14,15). The summed E-state index contributed by atoms with van der Waals surface area (Å²) in [6, 6.07) is 5.23. The quantitative estimate of drug-likeness (QED) is 0.811. The van der Waals surface area contributed by atoms with Crippen LogP contribution in [0.2, 0.25) is 5.02 Å². The van der Waals surface area contributed by atoms with Crippen LogP contribution >= 0.6 is 23.8 Å². The maximum Gasteiger partial charge on any atom is 0.251 e. The van der Waals surface area contributed by atoms with Crippen molar-refractivity contribution in [1.29, 1.82) is 0 Å². The van der Waals surface area contributed by atoms with Gasteiger partial charge in [-0.25, -0.2) is 0 Å². The fraction of sp³-hybridized carbons (Fsp3) is 0.273. The molecule has 86 valence electrons. The van der Waals surface area contributed by atoms with E-state index in [1.54, 1.807) is 18.2 Å². The van der Waals surface area contributed by atoms with Gasteiger partial charge in [0, 0.05) is 23.6 Å². The Hall–Kier alpha value is -1.13. The van der Waals surface area contributed by atoms with Crippen molar-refractivity contribution < 1.29 is 4.79 Å². The Labute approximate surface area is 105 Å². The van der Waals surface area contributed by atoms with Crippen molar-refractivity contribution in [3.05, 3.63) is 34.3 Å². The molecule has 0 atom stereocenters. The molecule has 0 fully saturated rings. The number of hydrogen-bond acceptors (Lipinski definition) is 2. The lowest BCUT2D eigenvalue weighted by molar-refractivity contribution is 0.0954. The van der Waals surface area contributed by atoms with E-state index >= 15 is 0 Å². The topological polar surface area (TPSA) is 55.1 Å². The van der Waals surface area contributed by atoms with Crippen molar-refractivity contribution >= 4 is 34.7 Å². The molecular formula is C11H13ClN2OS. The van der Waals surface area contributed by atoms with E-state index in [2.05, 4.69) is 5.32 Å². The first-order valence-corrected chi connectivity index (χ1v) is 5.62. The van der Waals surface area contributed by atoms with Crippen LogP contribution in [-0.4, -0.2) is 17.4 Å². The van der Waals surface area contributed by atoms with Crippen LogP contribution in [0.25, 0.3) is 0 Å². The fourth-order valence-corrected chi connectivity index (χ4v) is 1.52.